The molecule has 15 unspecified atom stereocenters. The molecule has 12 N–H and O–H groups in total. The molecule has 2 saturated carbocycles. The smallest absolute Gasteiger partial charge is 0.251 e. The lowest BCUT2D eigenvalue weighted by molar-refractivity contribution is -0.337. The third-order valence-electron chi connectivity index (χ3n) is 20.0. The minimum absolute atomic E-state index is 0.0974. The van der Waals surface area contributed by atoms with Gasteiger partial charge in [0.05, 0.1) is 62.2 Å². The van der Waals surface area contributed by atoms with Gasteiger partial charge in [0, 0.05) is 61.6 Å². The predicted octanol–water partition coefficient (Wildman–Crippen LogP) is -1.03. The van der Waals surface area contributed by atoms with Crippen molar-refractivity contribution < 1.29 is 107 Å². The Kier molecular flexibility index (Phi) is 24.1. The molecular formula is C68H87F2N13O20. The Labute approximate surface area is 588 Å². The van der Waals surface area contributed by atoms with Crippen LogP contribution < -0.4 is 16.0 Å². The summed E-state index contributed by atoms with van der Waals surface area (Å²) in [5.41, 5.74) is 2.15. The molecule has 558 valence electrons. The minimum Gasteiger partial charge on any atom is -0.394 e. The molecule has 24 atom stereocenters. The number of aliphatic hydroxyl groups is 9. The monoisotopic (exact) mass is 1440 g/mol. The number of benzene rings is 3. The van der Waals surface area contributed by atoms with Gasteiger partial charge in [-0.2, -0.15) is 0 Å². The molecule has 33 nitrogen and oxygen atoms in total. The van der Waals surface area contributed by atoms with E-state index in [4.69, 9.17) is 33.2 Å². The summed E-state index contributed by atoms with van der Waals surface area (Å²) in [6.07, 6.45) is -22.1. The van der Waals surface area contributed by atoms with Gasteiger partial charge in [-0.1, -0.05) is 83.6 Å². The van der Waals surface area contributed by atoms with Gasteiger partial charge in [-0.05, 0) is 69.7 Å². The van der Waals surface area contributed by atoms with Crippen LogP contribution in [0.5, 0.6) is 0 Å². The highest BCUT2D eigenvalue weighted by molar-refractivity contribution is 5.82. The van der Waals surface area contributed by atoms with Gasteiger partial charge in [-0.15, -0.1) is 15.3 Å². The summed E-state index contributed by atoms with van der Waals surface area (Å²) in [6, 6.07) is 15.1. The Morgan fingerprint density at radius 3 is 1.70 bits per heavy atom. The molecule has 4 amide bonds. The molecule has 0 bridgehead atoms. The van der Waals surface area contributed by atoms with Crippen LogP contribution in [0.3, 0.4) is 0 Å². The van der Waals surface area contributed by atoms with Crippen molar-refractivity contribution in [3.05, 3.63) is 109 Å². The highest BCUT2D eigenvalue weighted by atomic mass is 19.1. The van der Waals surface area contributed by atoms with E-state index in [1.54, 1.807) is 47.5 Å². The minimum atomic E-state index is -1.86. The van der Waals surface area contributed by atoms with Crippen molar-refractivity contribution >= 4 is 23.6 Å². The van der Waals surface area contributed by atoms with Gasteiger partial charge in [-0.3, -0.25) is 19.2 Å². The summed E-state index contributed by atoms with van der Waals surface area (Å²) in [5, 5.41) is 136. The van der Waals surface area contributed by atoms with E-state index >= 15 is 0 Å². The fourth-order valence-electron chi connectivity index (χ4n) is 14.3. The van der Waals surface area contributed by atoms with Crippen LogP contribution in [-0.4, -0.2) is 275 Å². The Hall–Kier alpha value is -7.82. The predicted molar refractivity (Wildman–Crippen MR) is 350 cm³/mol. The van der Waals surface area contributed by atoms with E-state index in [2.05, 4.69) is 46.9 Å². The Balaban J connectivity index is 0.805. The first-order valence-corrected chi connectivity index (χ1v) is 34.6. The fourth-order valence-corrected chi connectivity index (χ4v) is 14.3. The summed E-state index contributed by atoms with van der Waals surface area (Å²) in [6.45, 7) is 3.52. The lowest BCUT2D eigenvalue weighted by Crippen LogP contribution is -2.67. The average molecular weight is 1440 g/mol. The quantitative estimate of drug-likeness (QED) is 0.0305. The Morgan fingerprint density at radius 1 is 0.583 bits per heavy atom. The van der Waals surface area contributed by atoms with Crippen LogP contribution in [0.2, 0.25) is 0 Å². The van der Waals surface area contributed by atoms with Crippen LogP contribution in [0.25, 0.3) is 33.8 Å². The number of aliphatic hydroxyl groups excluding tert-OH is 9. The largest absolute Gasteiger partial charge is 0.394 e. The second-order valence-corrected chi connectivity index (χ2v) is 27.0. The molecule has 7 heterocycles. The van der Waals surface area contributed by atoms with Crippen LogP contribution in [0, 0.1) is 23.5 Å². The van der Waals surface area contributed by atoms with Crippen molar-refractivity contribution in [1.82, 2.24) is 65.8 Å². The molecule has 103 heavy (non-hydrogen) atoms. The first kappa shape index (κ1) is 74.9. The normalized spacial score (nSPS) is 33.5. The van der Waals surface area contributed by atoms with Gasteiger partial charge >= 0.3 is 0 Å². The second kappa shape index (κ2) is 33.1. The average Bonchev–Trinajstić information content (AvgIpc) is 1.76. The van der Waals surface area contributed by atoms with E-state index < -0.39 is 189 Å². The number of likely N-dealkylation sites (tertiary alicyclic amines) is 1. The van der Waals surface area contributed by atoms with Crippen LogP contribution in [0.4, 0.5) is 8.78 Å². The number of carbonyl (C=O) groups is 4. The number of nitrogens with zero attached hydrogens (tertiary/aromatic N) is 10. The Morgan fingerprint density at radius 2 is 1.12 bits per heavy atom. The molecule has 6 fully saturated rings. The van der Waals surface area contributed by atoms with E-state index in [-0.39, 0.29) is 62.5 Å². The van der Waals surface area contributed by atoms with Crippen molar-refractivity contribution in [3.8, 4) is 33.8 Å². The van der Waals surface area contributed by atoms with Crippen molar-refractivity contribution in [2.75, 3.05) is 39.4 Å². The number of halogens is 2. The highest BCUT2D eigenvalue weighted by Gasteiger charge is 2.55. The van der Waals surface area contributed by atoms with Gasteiger partial charge in [-0.25, -0.2) is 22.8 Å². The standard InChI is InChI=1S/C68H87F2N13O20/c1-4-11-47(65(96)80-20-10-21-80)98-62-52(73-34(3)86)66(101-51(32-85)57(62)90)100-49-27-39(25-46(82-28-42(74-78-82)35-12-6-5-7-13-35)61(49)103-68-60(93)59(92)54(87)33(2)97-68)64(95)72-19-18-71-63(94)38-24-45(81-29-43(75-77-81)36-14-8-16-40(69)22-36)55(88)48(26-38)99-67-58(91)53(56(89)50(31-84)102-67)83-30-44(76-79-83)37-15-9-17-41(70)23-37/h5-9,12-17,22-23,28-30,33,38-39,45-62,66-68,84-85,87-93H,4,10-11,18-21,24-27,31-32H2,1-3H3,(H,71,94)(H,72,95)(H,73,86)/t33?,38?,39?,45?,46?,47-,48+,49+,50?,51?,52?,53?,54+,55?,56-,57-,58?,59?,60?,61?,62?,66+,67+,68-/m0/s1. The van der Waals surface area contributed by atoms with Crippen molar-refractivity contribution in [2.24, 2.45) is 11.8 Å². The summed E-state index contributed by atoms with van der Waals surface area (Å²) < 4.78 is 77.4. The summed E-state index contributed by atoms with van der Waals surface area (Å²) in [5.74, 6) is -5.33. The first-order chi connectivity index (χ1) is 49.6. The number of hydrogen-bond acceptors (Lipinski definition) is 26. The maximum atomic E-state index is 15.0. The molecule has 4 aliphatic heterocycles. The van der Waals surface area contributed by atoms with Gasteiger partial charge in [0.2, 0.25) is 17.7 Å². The Bertz CT molecular complexity index is 3840. The lowest BCUT2D eigenvalue weighted by atomic mass is 9.80. The first-order valence-electron chi connectivity index (χ1n) is 34.6. The molecule has 4 saturated heterocycles. The van der Waals surface area contributed by atoms with Crippen molar-refractivity contribution in [1.29, 1.82) is 0 Å². The number of ether oxygens (including phenoxy) is 7. The lowest BCUT2D eigenvalue weighted by Gasteiger charge is -2.49. The molecule has 12 rings (SSSR count). The zero-order chi connectivity index (χ0) is 72.9. The third kappa shape index (κ3) is 16.7. The maximum absolute atomic E-state index is 15.0. The number of rotatable bonds is 25. The molecule has 6 aliphatic rings. The SMILES string of the molecule is CCC[C@H](OC1C(NC(C)=O)[C@H](O[C@@H]2CC(C(=O)NCCNC(=O)C3CC(n4cc(-c5cccc(F)c5)nn4)C(O)[C@H](O[C@@H]4OC(CO)[C@H](O)C(n5cc(-c6cccc(F)c6)nn5)C4O)C3)CC(n3cc(-c4ccccc4)nn3)C2O[C@@H]2OC(C)[C@@H](O)C(O)C2O)OC(CO)[C@@H]1O)C(=O)N1CCC1. The van der Waals surface area contributed by atoms with Crippen LogP contribution in [0.15, 0.2) is 97.5 Å². The number of hydrogen-bond donors (Lipinski definition) is 12. The van der Waals surface area contributed by atoms with E-state index in [1.807, 2.05) is 13.0 Å². The van der Waals surface area contributed by atoms with Crippen LogP contribution in [0.1, 0.15) is 83.8 Å². The molecule has 0 radical (unpaired) electrons. The van der Waals surface area contributed by atoms with Crippen LogP contribution >= 0.6 is 0 Å². The summed E-state index contributed by atoms with van der Waals surface area (Å²) in [7, 11) is 0. The topological polar surface area (TPSA) is 446 Å². The van der Waals surface area contributed by atoms with E-state index in [0.717, 1.165) is 11.1 Å². The molecule has 35 heteroatoms. The van der Waals surface area contributed by atoms with Crippen LogP contribution in [-0.2, 0) is 52.3 Å². The van der Waals surface area contributed by atoms with E-state index in [9.17, 15) is 73.9 Å². The number of aromatic nitrogens is 9. The molecule has 3 aromatic heterocycles. The zero-order valence-electron chi connectivity index (χ0n) is 56.5. The van der Waals surface area contributed by atoms with Gasteiger partial charge in [0.15, 0.2) is 18.9 Å². The second-order valence-electron chi connectivity index (χ2n) is 27.0. The number of amides is 4. The van der Waals surface area contributed by atoms with E-state index in [1.165, 1.54) is 72.0 Å². The molecular weight excluding hydrogens is 1360 g/mol. The third-order valence-corrected chi connectivity index (χ3v) is 20.0. The zero-order valence-corrected chi connectivity index (χ0v) is 56.5. The molecule has 6 aromatic rings. The fraction of sp³-hybridized carbons (Fsp3) is 0.588. The van der Waals surface area contributed by atoms with E-state index in [0.29, 0.717) is 41.9 Å². The van der Waals surface area contributed by atoms with Crippen molar-refractivity contribution in [2.45, 2.75) is 200 Å². The molecule has 0 spiro atoms. The molecule has 3 aromatic carbocycles. The van der Waals surface area contributed by atoms with Gasteiger partial charge in [0.1, 0.15) is 114 Å². The van der Waals surface area contributed by atoms with Gasteiger partial charge < -0.3 is 100.0 Å². The number of nitrogens with one attached hydrogen (secondary N) is 3. The van der Waals surface area contributed by atoms with Crippen molar-refractivity contribution in [3.63, 3.8) is 0 Å². The highest BCUT2D eigenvalue weighted by Crippen LogP contribution is 2.43. The van der Waals surface area contributed by atoms with Gasteiger partial charge in [0.25, 0.3) is 5.91 Å². The number of carbonyl (C=O) groups excluding carboxylic acids is 4. The summed E-state index contributed by atoms with van der Waals surface area (Å²) >= 11 is 0. The summed E-state index contributed by atoms with van der Waals surface area (Å²) in [4.78, 5) is 58.4. The molecule has 2 aliphatic carbocycles. The maximum Gasteiger partial charge on any atom is 0.251 e.